The second kappa shape index (κ2) is 8.82. The number of methoxy groups -OCH3 is 1. The molecule has 0 spiro atoms. The Morgan fingerprint density at radius 2 is 1.82 bits per heavy atom. The van der Waals surface area contributed by atoms with Gasteiger partial charge >= 0.3 is 0 Å². The molecule has 7 heteroatoms. The molecule has 7 nitrogen and oxygen atoms in total. The van der Waals surface area contributed by atoms with Crippen molar-refractivity contribution in [3.8, 4) is 17.2 Å². The van der Waals surface area contributed by atoms with Gasteiger partial charge < -0.3 is 23.7 Å². The lowest BCUT2D eigenvalue weighted by atomic mass is 10.1. The zero-order valence-electron chi connectivity index (χ0n) is 16.5. The molecule has 1 aromatic carbocycles. The molecule has 1 amide bonds. The lowest BCUT2D eigenvalue weighted by Crippen LogP contribution is -2.43. The van der Waals surface area contributed by atoms with Gasteiger partial charge in [0.15, 0.2) is 18.1 Å². The van der Waals surface area contributed by atoms with Crippen LogP contribution >= 0.6 is 0 Å². The van der Waals surface area contributed by atoms with Crippen molar-refractivity contribution in [2.24, 2.45) is 7.05 Å². The van der Waals surface area contributed by atoms with Crippen molar-refractivity contribution in [1.82, 2.24) is 9.47 Å². The summed E-state index contributed by atoms with van der Waals surface area (Å²) in [5.74, 6) is 1.68. The summed E-state index contributed by atoms with van der Waals surface area (Å²) in [5, 5.41) is 0. The van der Waals surface area contributed by atoms with E-state index >= 15 is 0 Å². The summed E-state index contributed by atoms with van der Waals surface area (Å²) in [7, 11) is 3.30. The summed E-state index contributed by atoms with van der Waals surface area (Å²) in [5.41, 5.74) is 0.764. The predicted molar refractivity (Wildman–Crippen MR) is 105 cm³/mol. The maximum atomic E-state index is 12.4. The molecular formula is C21H26N2O5. The van der Waals surface area contributed by atoms with Crippen molar-refractivity contribution in [1.29, 1.82) is 0 Å². The molecule has 150 valence electrons. The van der Waals surface area contributed by atoms with Crippen molar-refractivity contribution in [3.05, 3.63) is 52.4 Å². The van der Waals surface area contributed by atoms with E-state index in [-0.39, 0.29) is 24.2 Å². The first kappa shape index (κ1) is 19.8. The molecule has 1 aliphatic heterocycles. The van der Waals surface area contributed by atoms with Crippen molar-refractivity contribution in [3.63, 3.8) is 0 Å². The molecule has 1 aromatic heterocycles. The molecule has 2 aromatic rings. The Morgan fingerprint density at radius 3 is 2.46 bits per heavy atom. The molecule has 0 radical (unpaired) electrons. The minimum absolute atomic E-state index is 0.00862. The Labute approximate surface area is 164 Å². The molecule has 1 fully saturated rings. The van der Waals surface area contributed by atoms with Crippen LogP contribution in [0.3, 0.4) is 0 Å². The number of piperidine rings is 1. The number of pyridine rings is 1. The van der Waals surface area contributed by atoms with Gasteiger partial charge in [-0.2, -0.15) is 0 Å². The molecule has 0 aliphatic carbocycles. The van der Waals surface area contributed by atoms with E-state index in [0.717, 1.165) is 5.69 Å². The number of amides is 1. The summed E-state index contributed by atoms with van der Waals surface area (Å²) in [6.45, 7) is 3.04. The normalized spacial score (nSPS) is 14.6. The number of likely N-dealkylation sites (tertiary alicyclic amines) is 1. The van der Waals surface area contributed by atoms with Crippen LogP contribution in [0, 0.1) is 6.92 Å². The SMILES string of the molecule is COc1ccccc1OCC(=O)N1CCC(Oc2cc(C)n(C)c(=O)c2)CC1. The number of carbonyl (C=O) groups excluding carboxylic acids is 1. The van der Waals surface area contributed by atoms with Crippen LogP contribution in [0.5, 0.6) is 17.2 Å². The number of hydrogen-bond donors (Lipinski definition) is 0. The van der Waals surface area contributed by atoms with Gasteiger partial charge in [0.2, 0.25) is 0 Å². The average Bonchev–Trinajstić information content (AvgIpc) is 2.71. The van der Waals surface area contributed by atoms with E-state index in [1.54, 1.807) is 35.8 Å². The molecule has 0 bridgehead atoms. The minimum atomic E-state index is -0.0869. The topological polar surface area (TPSA) is 70.0 Å². The van der Waals surface area contributed by atoms with E-state index < -0.39 is 0 Å². The molecule has 28 heavy (non-hydrogen) atoms. The molecule has 1 saturated heterocycles. The molecule has 2 heterocycles. The maximum Gasteiger partial charge on any atom is 0.260 e. The number of carbonyl (C=O) groups is 1. The fourth-order valence-electron chi connectivity index (χ4n) is 3.19. The van der Waals surface area contributed by atoms with Crippen LogP contribution in [0.4, 0.5) is 0 Å². The summed E-state index contributed by atoms with van der Waals surface area (Å²) in [6, 6.07) is 10.6. The van der Waals surface area contributed by atoms with Gasteiger partial charge in [-0.25, -0.2) is 0 Å². The van der Waals surface area contributed by atoms with E-state index in [0.29, 0.717) is 43.2 Å². The molecule has 0 N–H and O–H groups in total. The fourth-order valence-corrected chi connectivity index (χ4v) is 3.19. The summed E-state index contributed by atoms with van der Waals surface area (Å²) in [6.07, 6.45) is 1.43. The smallest absolute Gasteiger partial charge is 0.260 e. The standard InChI is InChI=1S/C21H26N2O5/c1-15-12-17(13-20(24)22(15)2)28-16-8-10-23(11-9-16)21(25)14-27-19-7-5-4-6-18(19)26-3/h4-7,12-13,16H,8-11,14H2,1-3H3. The van der Waals surface area contributed by atoms with Gasteiger partial charge in [-0.15, -0.1) is 0 Å². The monoisotopic (exact) mass is 386 g/mol. The maximum absolute atomic E-state index is 12.4. The van der Waals surface area contributed by atoms with Gasteiger partial charge in [0, 0.05) is 44.7 Å². The Balaban J connectivity index is 1.49. The Kier molecular flexibility index (Phi) is 6.23. The second-order valence-corrected chi connectivity index (χ2v) is 6.87. The molecule has 1 aliphatic rings. The fraction of sp³-hybridized carbons (Fsp3) is 0.429. The van der Waals surface area contributed by atoms with E-state index in [1.807, 2.05) is 25.1 Å². The largest absolute Gasteiger partial charge is 0.493 e. The van der Waals surface area contributed by atoms with Crippen molar-refractivity contribution in [2.75, 3.05) is 26.8 Å². The van der Waals surface area contributed by atoms with E-state index in [9.17, 15) is 9.59 Å². The first-order chi connectivity index (χ1) is 13.5. The third kappa shape index (κ3) is 4.65. The van der Waals surface area contributed by atoms with Crippen LogP contribution in [-0.4, -0.2) is 48.3 Å². The highest BCUT2D eigenvalue weighted by atomic mass is 16.5. The number of aryl methyl sites for hydroxylation is 1. The highest BCUT2D eigenvalue weighted by Gasteiger charge is 2.24. The number of benzene rings is 1. The van der Waals surface area contributed by atoms with Crippen LogP contribution in [0.1, 0.15) is 18.5 Å². The summed E-state index contributed by atoms with van der Waals surface area (Å²) in [4.78, 5) is 26.1. The van der Waals surface area contributed by atoms with Gasteiger partial charge in [-0.05, 0) is 25.1 Å². The number of hydrogen-bond acceptors (Lipinski definition) is 5. The first-order valence-corrected chi connectivity index (χ1v) is 9.36. The zero-order valence-corrected chi connectivity index (χ0v) is 16.5. The van der Waals surface area contributed by atoms with E-state index in [2.05, 4.69) is 0 Å². The average molecular weight is 386 g/mol. The second-order valence-electron chi connectivity index (χ2n) is 6.87. The number of ether oxygens (including phenoxy) is 3. The van der Waals surface area contributed by atoms with Gasteiger partial charge in [-0.1, -0.05) is 12.1 Å². The zero-order chi connectivity index (χ0) is 20.1. The number of rotatable bonds is 6. The molecule has 0 unspecified atom stereocenters. The predicted octanol–water partition coefficient (Wildman–Crippen LogP) is 2.15. The third-order valence-electron chi connectivity index (χ3n) is 4.99. The Morgan fingerprint density at radius 1 is 1.14 bits per heavy atom. The van der Waals surface area contributed by atoms with E-state index in [1.165, 1.54) is 6.07 Å². The lowest BCUT2D eigenvalue weighted by molar-refractivity contribution is -0.135. The highest BCUT2D eigenvalue weighted by Crippen LogP contribution is 2.26. The van der Waals surface area contributed by atoms with Crippen molar-refractivity contribution >= 4 is 5.91 Å². The third-order valence-corrected chi connectivity index (χ3v) is 4.99. The quantitative estimate of drug-likeness (QED) is 0.761. The summed E-state index contributed by atoms with van der Waals surface area (Å²) < 4.78 is 18.4. The van der Waals surface area contributed by atoms with Gasteiger partial charge in [0.05, 0.1) is 7.11 Å². The van der Waals surface area contributed by atoms with Gasteiger partial charge in [0.25, 0.3) is 11.5 Å². The van der Waals surface area contributed by atoms with Crippen LogP contribution in [0.2, 0.25) is 0 Å². The van der Waals surface area contributed by atoms with E-state index in [4.69, 9.17) is 14.2 Å². The highest BCUT2D eigenvalue weighted by molar-refractivity contribution is 5.78. The Bertz CT molecular complexity index is 885. The number of nitrogens with zero attached hydrogens (tertiary/aromatic N) is 2. The first-order valence-electron chi connectivity index (χ1n) is 9.36. The lowest BCUT2D eigenvalue weighted by Gasteiger charge is -2.32. The molecular weight excluding hydrogens is 360 g/mol. The molecule has 3 rings (SSSR count). The molecule has 0 atom stereocenters. The van der Waals surface area contributed by atoms with Crippen molar-refractivity contribution in [2.45, 2.75) is 25.9 Å². The van der Waals surface area contributed by atoms with Crippen LogP contribution in [0.25, 0.3) is 0 Å². The van der Waals surface area contributed by atoms with Crippen molar-refractivity contribution < 1.29 is 19.0 Å². The number of aromatic nitrogens is 1. The van der Waals surface area contributed by atoms with Crippen LogP contribution in [-0.2, 0) is 11.8 Å². The summed E-state index contributed by atoms with van der Waals surface area (Å²) >= 11 is 0. The van der Waals surface area contributed by atoms with Gasteiger partial charge in [0.1, 0.15) is 11.9 Å². The van der Waals surface area contributed by atoms with Gasteiger partial charge in [-0.3, -0.25) is 9.59 Å². The van der Waals surface area contributed by atoms with Crippen LogP contribution in [0.15, 0.2) is 41.2 Å². The number of para-hydroxylation sites is 2. The van der Waals surface area contributed by atoms with Crippen LogP contribution < -0.4 is 19.8 Å². The molecule has 0 saturated carbocycles. The minimum Gasteiger partial charge on any atom is -0.493 e. The Hall–Kier alpha value is -2.96.